The van der Waals surface area contributed by atoms with E-state index < -0.39 is 0 Å². The zero-order chi connectivity index (χ0) is 17.6. The van der Waals surface area contributed by atoms with Gasteiger partial charge in [0.25, 0.3) is 0 Å². The minimum absolute atomic E-state index is 0.355. The fraction of sp³-hybridized carbons (Fsp3) is 0.211. The summed E-state index contributed by atoms with van der Waals surface area (Å²) in [5, 5.41) is 0. The molecule has 0 bridgehead atoms. The van der Waals surface area contributed by atoms with Gasteiger partial charge in [0.05, 0.1) is 49.0 Å². The molecule has 0 amide bonds. The maximum absolute atomic E-state index is 5.99. The Morgan fingerprint density at radius 2 is 2.04 bits per heavy atom. The molecule has 0 N–H and O–H groups in total. The van der Waals surface area contributed by atoms with Crippen LogP contribution in [0.5, 0.6) is 11.5 Å². The molecule has 0 unspecified atom stereocenters. The van der Waals surface area contributed by atoms with Crippen molar-refractivity contribution < 1.29 is 9.47 Å². The van der Waals surface area contributed by atoms with Gasteiger partial charge in [-0.1, -0.05) is 18.7 Å². The second kappa shape index (κ2) is 7.61. The Morgan fingerprint density at radius 3 is 2.80 bits per heavy atom. The van der Waals surface area contributed by atoms with Crippen molar-refractivity contribution in [2.75, 3.05) is 7.11 Å². The van der Waals surface area contributed by atoms with Gasteiger partial charge in [-0.25, -0.2) is 4.98 Å². The number of hydrogen-bond acceptors (Lipinski definition) is 5. The Bertz CT molecular complexity index is 873. The summed E-state index contributed by atoms with van der Waals surface area (Å²) in [6, 6.07) is 3.89. The first kappa shape index (κ1) is 16.7. The van der Waals surface area contributed by atoms with Gasteiger partial charge in [-0.15, -0.1) is 0 Å². The molecule has 3 aromatic heterocycles. The predicted molar refractivity (Wildman–Crippen MR) is 96.3 cm³/mol. The monoisotopic (exact) mass is 336 g/mol. The number of aromatic nitrogens is 4. The van der Waals surface area contributed by atoms with Gasteiger partial charge in [0.1, 0.15) is 18.1 Å². The van der Waals surface area contributed by atoms with Crippen LogP contribution >= 0.6 is 0 Å². The minimum atomic E-state index is 0.355. The van der Waals surface area contributed by atoms with E-state index in [0.717, 1.165) is 29.1 Å². The summed E-state index contributed by atoms with van der Waals surface area (Å²) >= 11 is 0. The van der Waals surface area contributed by atoms with Gasteiger partial charge in [0.2, 0.25) is 0 Å². The first-order chi connectivity index (χ1) is 12.3. The van der Waals surface area contributed by atoms with Gasteiger partial charge < -0.3 is 14.0 Å². The molecule has 128 valence electrons. The average molecular weight is 336 g/mol. The van der Waals surface area contributed by atoms with E-state index >= 15 is 0 Å². The average Bonchev–Trinajstić information content (AvgIpc) is 3.14. The largest absolute Gasteiger partial charge is 0.494 e. The Hall–Kier alpha value is -3.15. The number of nitrogens with zero attached hydrogens (tertiary/aromatic N) is 4. The molecule has 3 rings (SSSR count). The smallest absolute Gasteiger partial charge is 0.149 e. The highest BCUT2D eigenvalue weighted by atomic mass is 16.5. The van der Waals surface area contributed by atoms with Crippen molar-refractivity contribution in [2.24, 2.45) is 0 Å². The molecular weight excluding hydrogens is 316 g/mol. The third-order valence-electron chi connectivity index (χ3n) is 3.91. The van der Waals surface area contributed by atoms with E-state index in [-0.39, 0.29) is 0 Å². The van der Waals surface area contributed by atoms with Crippen molar-refractivity contribution in [2.45, 2.75) is 20.1 Å². The number of ether oxygens (including phenoxy) is 2. The number of imidazole rings is 1. The summed E-state index contributed by atoms with van der Waals surface area (Å²) in [5.74, 6) is 1.25. The maximum Gasteiger partial charge on any atom is 0.149 e. The van der Waals surface area contributed by atoms with Crippen molar-refractivity contribution in [3.8, 4) is 22.9 Å². The summed E-state index contributed by atoms with van der Waals surface area (Å²) < 4.78 is 13.3. The second-order valence-electron chi connectivity index (χ2n) is 5.32. The number of pyridine rings is 2. The molecule has 0 fully saturated rings. The number of methoxy groups -OCH3 is 1. The lowest BCUT2D eigenvalue weighted by atomic mass is 10.1. The van der Waals surface area contributed by atoms with E-state index in [2.05, 4.69) is 28.5 Å². The lowest BCUT2D eigenvalue weighted by Gasteiger charge is -2.14. The van der Waals surface area contributed by atoms with Crippen LogP contribution < -0.4 is 9.47 Å². The normalized spacial score (nSPS) is 10.5. The SMILES string of the molecule is C=Cc1c(OC)cncc1OCc1cccnc1-c1cncn1CC. The van der Waals surface area contributed by atoms with Crippen LogP contribution in [0.1, 0.15) is 18.1 Å². The van der Waals surface area contributed by atoms with Crippen LogP contribution in [0.3, 0.4) is 0 Å². The molecule has 3 heterocycles. The molecule has 0 aromatic carbocycles. The molecule has 3 aromatic rings. The molecule has 0 saturated heterocycles. The molecule has 0 aliphatic carbocycles. The van der Waals surface area contributed by atoms with E-state index in [4.69, 9.17) is 9.47 Å². The summed E-state index contributed by atoms with van der Waals surface area (Å²) in [6.45, 7) is 7.08. The van der Waals surface area contributed by atoms with Crippen LogP contribution in [0, 0.1) is 0 Å². The zero-order valence-corrected chi connectivity index (χ0v) is 14.3. The van der Waals surface area contributed by atoms with Crippen LogP contribution in [0.2, 0.25) is 0 Å². The fourth-order valence-electron chi connectivity index (χ4n) is 2.62. The van der Waals surface area contributed by atoms with Crippen LogP contribution in [0.4, 0.5) is 0 Å². The molecule has 0 aliphatic heterocycles. The summed E-state index contributed by atoms with van der Waals surface area (Å²) in [5.41, 5.74) is 3.57. The van der Waals surface area contributed by atoms with Gasteiger partial charge in [0.15, 0.2) is 0 Å². The Balaban J connectivity index is 1.90. The molecular formula is C19H20N4O2. The molecule has 6 heteroatoms. The summed E-state index contributed by atoms with van der Waals surface area (Å²) in [7, 11) is 1.60. The number of rotatable bonds is 7. The molecule has 6 nitrogen and oxygen atoms in total. The van der Waals surface area contributed by atoms with E-state index in [9.17, 15) is 0 Å². The third kappa shape index (κ3) is 3.38. The quantitative estimate of drug-likeness (QED) is 0.660. The third-order valence-corrected chi connectivity index (χ3v) is 3.91. The first-order valence-electron chi connectivity index (χ1n) is 8.00. The summed E-state index contributed by atoms with van der Waals surface area (Å²) in [4.78, 5) is 12.9. The molecule has 25 heavy (non-hydrogen) atoms. The van der Waals surface area contributed by atoms with E-state index in [1.54, 1.807) is 38.1 Å². The zero-order valence-electron chi connectivity index (χ0n) is 14.3. The van der Waals surface area contributed by atoms with Crippen molar-refractivity contribution in [3.05, 3.63) is 61.0 Å². The van der Waals surface area contributed by atoms with Gasteiger partial charge >= 0.3 is 0 Å². The molecule has 0 radical (unpaired) electrons. The number of aryl methyl sites for hydroxylation is 1. The Morgan fingerprint density at radius 1 is 1.20 bits per heavy atom. The van der Waals surface area contributed by atoms with Crippen LogP contribution in [-0.4, -0.2) is 26.6 Å². The fourth-order valence-corrected chi connectivity index (χ4v) is 2.62. The van der Waals surface area contributed by atoms with Crippen LogP contribution in [-0.2, 0) is 13.2 Å². The van der Waals surface area contributed by atoms with Gasteiger partial charge in [-0.2, -0.15) is 0 Å². The number of hydrogen-bond donors (Lipinski definition) is 0. The lowest BCUT2D eigenvalue weighted by molar-refractivity contribution is 0.301. The van der Waals surface area contributed by atoms with Crippen LogP contribution in [0.15, 0.2) is 49.8 Å². The summed E-state index contributed by atoms with van der Waals surface area (Å²) in [6.07, 6.45) is 10.4. The molecule has 0 atom stereocenters. The van der Waals surface area contributed by atoms with Crippen molar-refractivity contribution in [1.29, 1.82) is 0 Å². The first-order valence-corrected chi connectivity index (χ1v) is 8.00. The molecule has 0 spiro atoms. The molecule has 0 aliphatic rings. The highest BCUT2D eigenvalue weighted by Gasteiger charge is 2.13. The van der Waals surface area contributed by atoms with Crippen LogP contribution in [0.25, 0.3) is 17.5 Å². The Kier molecular flexibility index (Phi) is 5.09. The van der Waals surface area contributed by atoms with Crippen molar-refractivity contribution in [1.82, 2.24) is 19.5 Å². The van der Waals surface area contributed by atoms with E-state index in [1.165, 1.54) is 0 Å². The topological polar surface area (TPSA) is 62.1 Å². The standard InChI is InChI=1S/C19H20N4O2/c1-4-15-17(24-3)10-20-11-18(15)25-12-14-7-6-8-22-19(14)16-9-21-13-23(16)5-2/h4,6-11,13H,1,5,12H2,2-3H3. The van der Waals surface area contributed by atoms with Gasteiger partial charge in [-0.3, -0.25) is 9.97 Å². The van der Waals surface area contributed by atoms with E-state index in [1.807, 2.05) is 22.9 Å². The lowest BCUT2D eigenvalue weighted by Crippen LogP contribution is -2.04. The second-order valence-corrected chi connectivity index (χ2v) is 5.32. The Labute approximate surface area is 146 Å². The highest BCUT2D eigenvalue weighted by Crippen LogP contribution is 2.29. The minimum Gasteiger partial charge on any atom is -0.494 e. The van der Waals surface area contributed by atoms with Gasteiger partial charge in [0, 0.05) is 18.3 Å². The molecule has 0 saturated carbocycles. The van der Waals surface area contributed by atoms with Gasteiger partial charge in [-0.05, 0) is 13.0 Å². The highest BCUT2D eigenvalue weighted by molar-refractivity contribution is 5.62. The van der Waals surface area contributed by atoms with E-state index in [0.29, 0.717) is 18.1 Å². The van der Waals surface area contributed by atoms with Crippen molar-refractivity contribution >= 4 is 6.08 Å². The van der Waals surface area contributed by atoms with Crippen molar-refractivity contribution in [3.63, 3.8) is 0 Å². The predicted octanol–water partition coefficient (Wildman–Crippen LogP) is 3.59. The maximum atomic E-state index is 5.99.